The number of carbonyl (C=O) groups is 1. The van der Waals surface area contributed by atoms with E-state index in [9.17, 15) is 14.4 Å². The maximum absolute atomic E-state index is 14.1. The topological polar surface area (TPSA) is 54.0 Å². The van der Waals surface area contributed by atoms with Gasteiger partial charge in [0.1, 0.15) is 23.3 Å². The van der Waals surface area contributed by atoms with Crippen LogP contribution in [0.15, 0.2) is 22.6 Å². The fraction of sp³-hybridized carbons (Fsp3) is 0.250. The third-order valence-electron chi connectivity index (χ3n) is 3.49. The number of halogens is 2. The Bertz CT molecular complexity index is 758. The second-order valence-electron chi connectivity index (χ2n) is 4.78. The lowest BCUT2D eigenvalue weighted by Crippen LogP contribution is -2.14. The molecule has 0 N–H and O–H groups in total. The van der Waals surface area contributed by atoms with Crippen LogP contribution in [0.1, 0.15) is 38.9 Å². The Morgan fingerprint density at radius 2 is 2.00 bits per heavy atom. The van der Waals surface area contributed by atoms with E-state index in [0.29, 0.717) is 22.6 Å². The van der Waals surface area contributed by atoms with E-state index in [1.807, 2.05) is 6.07 Å². The van der Waals surface area contributed by atoms with Crippen molar-refractivity contribution in [1.82, 2.24) is 0 Å². The molecule has 0 spiro atoms. The number of hydrogen-bond acceptors (Lipinski definition) is 3. The molecule has 0 aliphatic carbocycles. The van der Waals surface area contributed by atoms with Crippen molar-refractivity contribution >= 4 is 17.4 Å². The zero-order valence-electron chi connectivity index (χ0n) is 11.8. The van der Waals surface area contributed by atoms with Gasteiger partial charge in [0.15, 0.2) is 5.78 Å². The molecule has 0 fully saturated rings. The molecule has 0 aliphatic heterocycles. The standard InChI is InChI=1S/C16H13ClFNO2/c1-8-9(2)21-10(3)14(8)16(20)12(7-19)11-5-4-6-13(17)15(11)18/h4-6,12H,1-3H3. The Kier molecular flexibility index (Phi) is 4.15. The number of Topliss-reactive ketones (excluding diaryl/α,β-unsaturated/α-hetero) is 1. The smallest absolute Gasteiger partial charge is 0.188 e. The van der Waals surface area contributed by atoms with Crippen LogP contribution in [0.3, 0.4) is 0 Å². The van der Waals surface area contributed by atoms with Crippen molar-refractivity contribution in [2.75, 3.05) is 0 Å². The molecule has 5 heteroatoms. The lowest BCUT2D eigenvalue weighted by molar-refractivity contribution is 0.0975. The highest BCUT2D eigenvalue weighted by Crippen LogP contribution is 2.30. The van der Waals surface area contributed by atoms with Crippen LogP contribution in [0, 0.1) is 37.9 Å². The van der Waals surface area contributed by atoms with Gasteiger partial charge in [0, 0.05) is 11.1 Å². The van der Waals surface area contributed by atoms with Gasteiger partial charge in [0.2, 0.25) is 0 Å². The molecule has 0 saturated heterocycles. The van der Waals surface area contributed by atoms with E-state index < -0.39 is 17.5 Å². The van der Waals surface area contributed by atoms with Crippen LogP contribution in [0.25, 0.3) is 0 Å². The zero-order valence-corrected chi connectivity index (χ0v) is 12.6. The molecule has 1 unspecified atom stereocenters. The molecule has 0 amide bonds. The van der Waals surface area contributed by atoms with E-state index in [1.165, 1.54) is 18.2 Å². The number of nitriles is 1. The Labute approximate surface area is 126 Å². The van der Waals surface area contributed by atoms with E-state index in [1.54, 1.807) is 20.8 Å². The van der Waals surface area contributed by atoms with Gasteiger partial charge in [-0.15, -0.1) is 0 Å². The number of rotatable bonds is 3. The summed E-state index contributed by atoms with van der Waals surface area (Å²) < 4.78 is 19.5. The maximum atomic E-state index is 14.1. The van der Waals surface area contributed by atoms with Crippen molar-refractivity contribution in [3.63, 3.8) is 0 Å². The van der Waals surface area contributed by atoms with Crippen LogP contribution in [0.4, 0.5) is 4.39 Å². The summed E-state index contributed by atoms with van der Waals surface area (Å²) >= 11 is 5.72. The summed E-state index contributed by atoms with van der Waals surface area (Å²) in [5, 5.41) is 9.19. The molecule has 2 rings (SSSR count). The predicted octanol–water partition coefficient (Wildman–Crippen LogP) is 4.49. The normalized spacial score (nSPS) is 12.0. The van der Waals surface area contributed by atoms with E-state index in [2.05, 4.69) is 0 Å². The summed E-state index contributed by atoms with van der Waals surface area (Å²) in [6, 6.07) is 6.14. The monoisotopic (exact) mass is 305 g/mol. The van der Waals surface area contributed by atoms with Gasteiger partial charge in [-0.2, -0.15) is 5.26 Å². The molecule has 21 heavy (non-hydrogen) atoms. The maximum Gasteiger partial charge on any atom is 0.188 e. The van der Waals surface area contributed by atoms with Gasteiger partial charge < -0.3 is 4.42 Å². The van der Waals surface area contributed by atoms with Crippen molar-refractivity contribution in [3.05, 3.63) is 57.2 Å². The quantitative estimate of drug-likeness (QED) is 0.785. The lowest BCUT2D eigenvalue weighted by atomic mass is 9.90. The van der Waals surface area contributed by atoms with Crippen LogP contribution in [-0.2, 0) is 0 Å². The van der Waals surface area contributed by atoms with Gasteiger partial charge in [0.25, 0.3) is 0 Å². The summed E-state index contributed by atoms with van der Waals surface area (Å²) in [6.07, 6.45) is 0. The molecule has 2 aromatic rings. The van der Waals surface area contributed by atoms with E-state index in [4.69, 9.17) is 16.0 Å². The lowest BCUT2D eigenvalue weighted by Gasteiger charge is -2.10. The van der Waals surface area contributed by atoms with Crippen LogP contribution in [0.2, 0.25) is 5.02 Å². The van der Waals surface area contributed by atoms with Crippen LogP contribution < -0.4 is 0 Å². The fourth-order valence-electron chi connectivity index (χ4n) is 2.31. The van der Waals surface area contributed by atoms with Crippen LogP contribution >= 0.6 is 11.6 Å². The first kappa shape index (κ1) is 15.3. The molecule has 0 aliphatic rings. The highest BCUT2D eigenvalue weighted by molar-refractivity contribution is 6.30. The molecule has 0 saturated carbocycles. The largest absolute Gasteiger partial charge is 0.466 e. The first-order valence-electron chi connectivity index (χ1n) is 6.32. The highest BCUT2D eigenvalue weighted by atomic mass is 35.5. The van der Waals surface area contributed by atoms with Crippen molar-refractivity contribution < 1.29 is 13.6 Å². The molecule has 1 aromatic heterocycles. The molecule has 3 nitrogen and oxygen atoms in total. The number of benzene rings is 1. The summed E-state index contributed by atoms with van der Waals surface area (Å²) in [4.78, 5) is 12.6. The minimum atomic E-state index is -1.25. The van der Waals surface area contributed by atoms with Gasteiger partial charge in [-0.1, -0.05) is 23.7 Å². The SMILES string of the molecule is Cc1oc(C)c(C(=O)C(C#N)c2cccc(Cl)c2F)c1C. The third kappa shape index (κ3) is 2.57. The number of nitrogens with zero attached hydrogens (tertiary/aromatic N) is 1. The molecule has 1 aromatic carbocycles. The summed E-state index contributed by atoms with van der Waals surface area (Å²) in [5.41, 5.74) is 0.978. The van der Waals surface area contributed by atoms with Crippen LogP contribution in [0.5, 0.6) is 0 Å². The predicted molar refractivity (Wildman–Crippen MR) is 77.0 cm³/mol. The number of ketones is 1. The summed E-state index contributed by atoms with van der Waals surface area (Å²) in [7, 11) is 0. The van der Waals surface area contributed by atoms with Gasteiger partial charge in [0.05, 0.1) is 16.7 Å². The first-order valence-corrected chi connectivity index (χ1v) is 6.70. The Morgan fingerprint density at radius 1 is 1.33 bits per heavy atom. The highest BCUT2D eigenvalue weighted by Gasteiger charge is 2.30. The van der Waals surface area contributed by atoms with Gasteiger partial charge in [-0.05, 0) is 26.8 Å². The van der Waals surface area contributed by atoms with Gasteiger partial charge in [-0.25, -0.2) is 4.39 Å². The molecule has 0 bridgehead atoms. The van der Waals surface area contributed by atoms with Crippen molar-refractivity contribution in [1.29, 1.82) is 5.26 Å². The Morgan fingerprint density at radius 3 is 2.52 bits per heavy atom. The number of hydrogen-bond donors (Lipinski definition) is 0. The zero-order chi connectivity index (χ0) is 15.7. The number of carbonyl (C=O) groups excluding carboxylic acids is 1. The van der Waals surface area contributed by atoms with Crippen LogP contribution in [-0.4, -0.2) is 5.78 Å². The number of aryl methyl sites for hydroxylation is 2. The second-order valence-corrected chi connectivity index (χ2v) is 5.19. The third-order valence-corrected chi connectivity index (χ3v) is 3.78. The second kappa shape index (κ2) is 5.71. The summed E-state index contributed by atoms with van der Waals surface area (Å²) in [6.45, 7) is 5.12. The van der Waals surface area contributed by atoms with Crippen molar-refractivity contribution in [3.8, 4) is 6.07 Å². The summed E-state index contributed by atoms with van der Waals surface area (Å²) in [5.74, 6) is -1.44. The Balaban J connectivity index is 2.55. The molecular weight excluding hydrogens is 293 g/mol. The van der Waals surface area contributed by atoms with Gasteiger partial charge in [-0.3, -0.25) is 4.79 Å². The molecule has 1 heterocycles. The fourth-order valence-corrected chi connectivity index (χ4v) is 2.49. The average Bonchev–Trinajstić information content (AvgIpc) is 2.68. The number of furan rings is 1. The van der Waals surface area contributed by atoms with Crippen molar-refractivity contribution in [2.45, 2.75) is 26.7 Å². The average molecular weight is 306 g/mol. The van der Waals surface area contributed by atoms with E-state index in [0.717, 1.165) is 0 Å². The minimum Gasteiger partial charge on any atom is -0.466 e. The molecule has 0 radical (unpaired) electrons. The molecular formula is C16H13ClFNO2. The molecule has 1 atom stereocenters. The first-order chi connectivity index (χ1) is 9.88. The van der Waals surface area contributed by atoms with Gasteiger partial charge >= 0.3 is 0 Å². The Hall–Kier alpha value is -2.12. The van der Waals surface area contributed by atoms with Crippen molar-refractivity contribution in [2.24, 2.45) is 0 Å². The minimum absolute atomic E-state index is 0.0207. The molecule has 108 valence electrons. The van der Waals surface area contributed by atoms with E-state index in [-0.39, 0.29) is 10.6 Å². The van der Waals surface area contributed by atoms with E-state index >= 15 is 0 Å².